The summed E-state index contributed by atoms with van der Waals surface area (Å²) in [6.45, 7) is -0.414. The van der Waals surface area contributed by atoms with Crippen LogP contribution in [0.15, 0.2) is 60.7 Å². The van der Waals surface area contributed by atoms with Crippen molar-refractivity contribution in [1.82, 2.24) is 0 Å². The number of carbonyl (C=O) groups excluding carboxylic acids is 1. The summed E-state index contributed by atoms with van der Waals surface area (Å²) in [4.78, 5) is 22.5. The molecule has 3 aromatic carbocycles. The summed E-state index contributed by atoms with van der Waals surface area (Å²) >= 11 is 0. The van der Waals surface area contributed by atoms with E-state index in [0.29, 0.717) is 5.56 Å². The summed E-state index contributed by atoms with van der Waals surface area (Å²) in [7, 11) is 0. The van der Waals surface area contributed by atoms with E-state index in [9.17, 15) is 19.3 Å². The number of benzene rings is 3. The summed E-state index contributed by atoms with van der Waals surface area (Å²) in [5.41, 5.74) is 0.0375. The van der Waals surface area contributed by atoms with Crippen molar-refractivity contribution >= 4 is 22.2 Å². The molecular weight excluding hydrogens is 313 g/mol. The molecule has 0 atom stereocenters. The molecule has 0 unspecified atom stereocenters. The number of halogens is 1. The molecule has 0 bridgehead atoms. The van der Waals surface area contributed by atoms with Gasteiger partial charge in [-0.05, 0) is 22.9 Å². The second kappa shape index (κ2) is 6.45. The summed E-state index contributed by atoms with van der Waals surface area (Å²) in [6, 6.07) is 15.6. The van der Waals surface area contributed by atoms with Crippen LogP contribution in [0.2, 0.25) is 0 Å². The largest absolute Gasteiger partial charge is 0.478 e. The van der Waals surface area contributed by atoms with E-state index in [2.05, 4.69) is 0 Å². The maximum Gasteiger partial charge on any atom is 0.311 e. The first kappa shape index (κ1) is 15.6. The van der Waals surface area contributed by atoms with Gasteiger partial charge in [0.2, 0.25) is 0 Å². The molecule has 0 aliphatic heterocycles. The first-order valence-electron chi connectivity index (χ1n) is 7.13. The molecule has 0 saturated heterocycles. The van der Waals surface area contributed by atoms with Crippen molar-refractivity contribution in [2.45, 2.75) is 0 Å². The highest BCUT2D eigenvalue weighted by molar-refractivity contribution is 6.00. The zero-order valence-corrected chi connectivity index (χ0v) is 12.4. The average molecular weight is 325 g/mol. The van der Waals surface area contributed by atoms with E-state index in [4.69, 9.17) is 4.74 Å². The Morgan fingerprint density at radius 2 is 1.79 bits per heavy atom. The zero-order valence-electron chi connectivity index (χ0n) is 12.4. The molecule has 0 spiro atoms. The molecule has 6 heteroatoms. The number of hydrogen-bond acceptors (Lipinski definition) is 4. The van der Waals surface area contributed by atoms with Crippen molar-refractivity contribution in [3.63, 3.8) is 0 Å². The van der Waals surface area contributed by atoms with E-state index in [-0.39, 0.29) is 17.2 Å². The minimum atomic E-state index is -0.685. The third-order valence-corrected chi connectivity index (χ3v) is 3.55. The van der Waals surface area contributed by atoms with Gasteiger partial charge >= 0.3 is 5.69 Å². The number of Topliss-reactive ketones (excluding diaryl/α,β-unsaturated/α-hetero) is 1. The van der Waals surface area contributed by atoms with Crippen molar-refractivity contribution < 1.29 is 18.8 Å². The fourth-order valence-electron chi connectivity index (χ4n) is 2.34. The smallest absolute Gasteiger partial charge is 0.311 e. The SMILES string of the molecule is O=C(COc1cc(F)ccc1[N+](=O)[O-])c1ccc2ccccc2c1. The van der Waals surface area contributed by atoms with Gasteiger partial charge in [0.1, 0.15) is 5.82 Å². The summed E-state index contributed by atoms with van der Waals surface area (Å²) in [5, 5.41) is 12.8. The van der Waals surface area contributed by atoms with Crippen molar-refractivity contribution in [2.75, 3.05) is 6.61 Å². The number of rotatable bonds is 5. The number of ether oxygens (including phenoxy) is 1. The Balaban J connectivity index is 1.80. The minimum absolute atomic E-state index is 0.269. The topological polar surface area (TPSA) is 69.4 Å². The molecule has 0 heterocycles. The van der Waals surface area contributed by atoms with Crippen LogP contribution in [0, 0.1) is 15.9 Å². The molecule has 0 fully saturated rings. The highest BCUT2D eigenvalue weighted by Gasteiger charge is 2.17. The third-order valence-electron chi connectivity index (χ3n) is 3.55. The van der Waals surface area contributed by atoms with Gasteiger partial charge in [-0.25, -0.2) is 4.39 Å². The lowest BCUT2D eigenvalue weighted by atomic mass is 10.0. The molecule has 3 rings (SSSR count). The highest BCUT2D eigenvalue weighted by Crippen LogP contribution is 2.27. The van der Waals surface area contributed by atoms with E-state index < -0.39 is 17.3 Å². The van der Waals surface area contributed by atoms with E-state index in [1.54, 1.807) is 12.1 Å². The van der Waals surface area contributed by atoms with Gasteiger partial charge in [-0.3, -0.25) is 14.9 Å². The van der Waals surface area contributed by atoms with Gasteiger partial charge in [0.25, 0.3) is 0 Å². The van der Waals surface area contributed by atoms with Gasteiger partial charge in [0.15, 0.2) is 18.1 Å². The summed E-state index contributed by atoms with van der Waals surface area (Å²) < 4.78 is 18.4. The second-order valence-corrected chi connectivity index (χ2v) is 5.14. The fraction of sp³-hybridized carbons (Fsp3) is 0.0556. The molecule has 0 radical (unpaired) electrons. The predicted molar refractivity (Wildman–Crippen MR) is 86.8 cm³/mol. The van der Waals surface area contributed by atoms with Crippen LogP contribution in [-0.4, -0.2) is 17.3 Å². The lowest BCUT2D eigenvalue weighted by Gasteiger charge is -2.07. The molecule has 0 saturated carbocycles. The van der Waals surface area contributed by atoms with Crippen molar-refractivity contribution in [3.8, 4) is 5.75 Å². The van der Waals surface area contributed by atoms with E-state index >= 15 is 0 Å². The number of nitro groups is 1. The Morgan fingerprint density at radius 1 is 1.04 bits per heavy atom. The predicted octanol–water partition coefficient (Wildman–Crippen LogP) is 4.15. The molecule has 0 aliphatic rings. The molecule has 0 aliphatic carbocycles. The Bertz CT molecular complexity index is 939. The van der Waals surface area contributed by atoms with Crippen molar-refractivity contribution in [3.05, 3.63) is 82.2 Å². The van der Waals surface area contributed by atoms with Crippen LogP contribution in [0.25, 0.3) is 10.8 Å². The monoisotopic (exact) mass is 325 g/mol. The molecule has 0 amide bonds. The van der Waals surface area contributed by atoms with Crippen LogP contribution in [0.1, 0.15) is 10.4 Å². The first-order valence-corrected chi connectivity index (χ1v) is 7.13. The average Bonchev–Trinajstić information content (AvgIpc) is 2.59. The second-order valence-electron chi connectivity index (χ2n) is 5.14. The third kappa shape index (κ3) is 3.22. The van der Waals surface area contributed by atoms with E-state index in [1.807, 2.05) is 30.3 Å². The Kier molecular flexibility index (Phi) is 4.20. The van der Waals surface area contributed by atoms with Crippen LogP contribution in [0.5, 0.6) is 5.75 Å². The van der Waals surface area contributed by atoms with Gasteiger partial charge in [-0.15, -0.1) is 0 Å². The number of ketones is 1. The first-order chi connectivity index (χ1) is 11.5. The van der Waals surface area contributed by atoms with Crippen molar-refractivity contribution in [2.24, 2.45) is 0 Å². The molecule has 5 nitrogen and oxygen atoms in total. The van der Waals surface area contributed by atoms with E-state index in [0.717, 1.165) is 29.0 Å². The van der Waals surface area contributed by atoms with Crippen LogP contribution < -0.4 is 4.74 Å². The summed E-state index contributed by atoms with van der Waals surface area (Å²) in [6.07, 6.45) is 0. The van der Waals surface area contributed by atoms with Gasteiger partial charge < -0.3 is 4.74 Å². The highest BCUT2D eigenvalue weighted by atomic mass is 19.1. The molecule has 24 heavy (non-hydrogen) atoms. The summed E-state index contributed by atoms with van der Waals surface area (Å²) in [5.74, 6) is -1.29. The normalized spacial score (nSPS) is 10.5. The Labute approximate surface area is 136 Å². The van der Waals surface area contributed by atoms with Gasteiger partial charge in [-0.1, -0.05) is 36.4 Å². The lowest BCUT2D eigenvalue weighted by Crippen LogP contribution is -2.12. The number of nitro benzene ring substituents is 1. The molecular formula is C18H12FNO4. The number of hydrogen-bond donors (Lipinski definition) is 0. The van der Waals surface area contributed by atoms with Crippen LogP contribution in [-0.2, 0) is 0 Å². The number of fused-ring (bicyclic) bond motifs is 1. The van der Waals surface area contributed by atoms with Gasteiger partial charge in [0.05, 0.1) is 4.92 Å². The zero-order chi connectivity index (χ0) is 17.1. The van der Waals surface area contributed by atoms with Gasteiger partial charge in [-0.2, -0.15) is 0 Å². The maximum absolute atomic E-state index is 13.2. The van der Waals surface area contributed by atoms with E-state index in [1.165, 1.54) is 0 Å². The number of carbonyl (C=O) groups is 1. The Hall–Kier alpha value is -3.28. The lowest BCUT2D eigenvalue weighted by molar-refractivity contribution is -0.385. The van der Waals surface area contributed by atoms with Crippen LogP contribution in [0.4, 0.5) is 10.1 Å². The molecule has 120 valence electrons. The maximum atomic E-state index is 13.2. The van der Waals surface area contributed by atoms with Crippen molar-refractivity contribution in [1.29, 1.82) is 0 Å². The van der Waals surface area contributed by atoms with Gasteiger partial charge in [0, 0.05) is 17.7 Å². The number of nitrogens with zero attached hydrogens (tertiary/aromatic N) is 1. The standard InChI is InChI=1S/C18H12FNO4/c19-15-7-8-16(20(22)23)18(10-15)24-11-17(21)14-6-5-12-3-1-2-4-13(12)9-14/h1-10H,11H2. The Morgan fingerprint density at radius 3 is 2.54 bits per heavy atom. The quantitative estimate of drug-likeness (QED) is 0.401. The van der Waals surface area contributed by atoms with Crippen LogP contribution >= 0.6 is 0 Å². The molecule has 0 N–H and O–H groups in total. The fourth-order valence-corrected chi connectivity index (χ4v) is 2.34. The van der Waals surface area contributed by atoms with Crippen LogP contribution in [0.3, 0.4) is 0 Å². The minimum Gasteiger partial charge on any atom is -0.478 e. The molecule has 3 aromatic rings. The molecule has 0 aromatic heterocycles.